The summed E-state index contributed by atoms with van der Waals surface area (Å²) in [7, 11) is -1.15. The molecule has 0 spiro atoms. The van der Waals surface area contributed by atoms with Gasteiger partial charge in [0.1, 0.15) is 24.7 Å². The first-order valence-electron chi connectivity index (χ1n) is 13.6. The average molecular weight is 558 g/mol. The summed E-state index contributed by atoms with van der Waals surface area (Å²) in [6.45, 7) is 10.5. The Morgan fingerprint density at radius 3 is 2.80 bits per heavy atom. The van der Waals surface area contributed by atoms with Crippen molar-refractivity contribution in [2.45, 2.75) is 44.9 Å². The Labute approximate surface area is 235 Å². The molecule has 0 bridgehead atoms. The van der Waals surface area contributed by atoms with Crippen molar-refractivity contribution in [2.24, 2.45) is 0 Å². The molecule has 4 aromatic rings. The molecule has 40 heavy (non-hydrogen) atoms. The first kappa shape index (κ1) is 27.7. The molecule has 10 nitrogen and oxygen atoms in total. The van der Waals surface area contributed by atoms with E-state index in [1.54, 1.807) is 22.1 Å². The summed E-state index contributed by atoms with van der Waals surface area (Å²) >= 11 is 0. The molecular weight excluding hydrogens is 522 g/mol. The molecule has 0 radical (unpaired) electrons. The molecule has 0 N–H and O–H groups in total. The van der Waals surface area contributed by atoms with Gasteiger partial charge >= 0.3 is 0 Å². The number of nitrogens with zero attached hydrogens (tertiary/aromatic N) is 7. The van der Waals surface area contributed by atoms with Crippen molar-refractivity contribution in [1.29, 1.82) is 5.26 Å². The van der Waals surface area contributed by atoms with Gasteiger partial charge in [-0.1, -0.05) is 31.8 Å². The molecule has 3 aromatic heterocycles. The van der Waals surface area contributed by atoms with Crippen molar-refractivity contribution in [2.75, 3.05) is 32.9 Å². The van der Waals surface area contributed by atoms with Crippen molar-refractivity contribution < 1.29 is 14.3 Å². The minimum atomic E-state index is -1.15. The first-order valence-corrected chi connectivity index (χ1v) is 17.3. The number of carbonyl (C=O) groups excluding carboxylic acids is 1. The zero-order chi connectivity index (χ0) is 28.1. The van der Waals surface area contributed by atoms with E-state index < -0.39 is 14.1 Å². The quantitative estimate of drug-likeness (QED) is 0.210. The zero-order valence-electron chi connectivity index (χ0n) is 23.3. The number of amides is 1. The zero-order valence-corrected chi connectivity index (χ0v) is 24.3. The maximum atomic E-state index is 12.9. The van der Waals surface area contributed by atoms with Gasteiger partial charge in [0.25, 0.3) is 5.91 Å². The lowest BCUT2D eigenvalue weighted by Gasteiger charge is -2.27. The number of morpholine rings is 1. The number of carbonyl (C=O) groups is 1. The maximum absolute atomic E-state index is 12.9. The van der Waals surface area contributed by atoms with E-state index in [1.807, 2.05) is 47.3 Å². The number of nitriles is 1. The second-order valence-electron chi connectivity index (χ2n) is 11.3. The first-order chi connectivity index (χ1) is 19.3. The number of rotatable bonds is 10. The van der Waals surface area contributed by atoms with Crippen LogP contribution in [0.3, 0.4) is 0 Å². The van der Waals surface area contributed by atoms with Gasteiger partial charge in [-0.25, -0.2) is 9.97 Å². The third kappa shape index (κ3) is 6.47. The second kappa shape index (κ2) is 12.1. The molecule has 5 rings (SSSR count). The van der Waals surface area contributed by atoms with E-state index >= 15 is 0 Å². The van der Waals surface area contributed by atoms with E-state index in [0.29, 0.717) is 45.0 Å². The molecule has 4 heterocycles. The van der Waals surface area contributed by atoms with Gasteiger partial charge in [0.2, 0.25) is 0 Å². The van der Waals surface area contributed by atoms with E-state index in [4.69, 9.17) is 9.47 Å². The van der Waals surface area contributed by atoms with Crippen molar-refractivity contribution in [3.05, 3.63) is 66.4 Å². The van der Waals surface area contributed by atoms with E-state index in [-0.39, 0.29) is 5.91 Å². The van der Waals surface area contributed by atoms with Crippen LogP contribution in [0, 0.1) is 11.3 Å². The van der Waals surface area contributed by atoms with E-state index in [9.17, 15) is 10.1 Å². The standard InChI is InChI=1S/C29H35N7O3Si/c1-40(2,3)14-13-39-21-35-8-7-26-27(31-20-32-28(26)35)24-18-33-36(19-24)25(17-30)16-22-5-4-6-23(15-22)29(37)34-9-11-38-12-10-34/h4-8,15,18-20,25H,9-14,16,21H2,1-3H3. The fraction of sp³-hybridized carbons (Fsp3) is 0.414. The molecule has 0 aliphatic carbocycles. The van der Waals surface area contributed by atoms with Crippen LogP contribution in [0.2, 0.25) is 25.7 Å². The normalized spacial score (nSPS) is 14.8. The molecule has 1 amide bonds. The summed E-state index contributed by atoms with van der Waals surface area (Å²) in [5, 5.41) is 15.4. The number of fused-ring (bicyclic) bond motifs is 1. The Hall–Kier alpha value is -3.85. The molecule has 1 atom stereocenters. The number of ether oxygens (including phenoxy) is 2. The van der Waals surface area contributed by atoms with Gasteiger partial charge < -0.3 is 18.9 Å². The van der Waals surface area contributed by atoms with Crippen LogP contribution >= 0.6 is 0 Å². The molecule has 1 saturated heterocycles. The van der Waals surface area contributed by atoms with Crippen LogP contribution in [0.15, 0.2) is 55.2 Å². The number of hydrogen-bond donors (Lipinski definition) is 0. The van der Waals surface area contributed by atoms with E-state index in [1.165, 1.54) is 0 Å². The summed E-state index contributed by atoms with van der Waals surface area (Å²) in [6, 6.07) is 12.4. The summed E-state index contributed by atoms with van der Waals surface area (Å²) in [6.07, 6.45) is 7.51. The smallest absolute Gasteiger partial charge is 0.254 e. The summed E-state index contributed by atoms with van der Waals surface area (Å²) < 4.78 is 14.9. The lowest BCUT2D eigenvalue weighted by molar-refractivity contribution is 0.0303. The Morgan fingerprint density at radius 2 is 2.02 bits per heavy atom. The Balaban J connectivity index is 1.30. The van der Waals surface area contributed by atoms with Gasteiger partial charge in [-0.3, -0.25) is 9.48 Å². The second-order valence-corrected chi connectivity index (χ2v) is 16.9. The van der Waals surface area contributed by atoms with Gasteiger partial charge in [0.05, 0.1) is 31.2 Å². The fourth-order valence-corrected chi connectivity index (χ4v) is 5.47. The topological polar surface area (TPSA) is 111 Å². The van der Waals surface area contributed by atoms with Crippen LogP contribution in [-0.2, 0) is 22.6 Å². The van der Waals surface area contributed by atoms with Gasteiger partial charge in [-0.2, -0.15) is 10.4 Å². The van der Waals surface area contributed by atoms with Gasteiger partial charge in [-0.05, 0) is 29.8 Å². The summed E-state index contributed by atoms with van der Waals surface area (Å²) in [5.74, 6) is -0.0128. The van der Waals surface area contributed by atoms with Crippen LogP contribution < -0.4 is 0 Å². The number of hydrogen-bond acceptors (Lipinski definition) is 7. The summed E-state index contributed by atoms with van der Waals surface area (Å²) in [5.41, 5.74) is 3.88. The number of aromatic nitrogens is 5. The van der Waals surface area contributed by atoms with Gasteiger partial charge in [-0.15, -0.1) is 0 Å². The largest absolute Gasteiger partial charge is 0.378 e. The molecule has 208 valence electrons. The molecule has 1 unspecified atom stereocenters. The van der Waals surface area contributed by atoms with Crippen molar-refractivity contribution in [3.8, 4) is 17.3 Å². The minimum absolute atomic E-state index is 0.0128. The lowest BCUT2D eigenvalue weighted by Crippen LogP contribution is -2.40. The third-order valence-corrected chi connectivity index (χ3v) is 8.73. The minimum Gasteiger partial charge on any atom is -0.378 e. The van der Waals surface area contributed by atoms with Crippen LogP contribution in [0.1, 0.15) is 22.0 Å². The Morgan fingerprint density at radius 1 is 1.20 bits per heavy atom. The van der Waals surface area contributed by atoms with E-state index in [2.05, 4.69) is 40.8 Å². The molecule has 1 aliphatic heterocycles. The van der Waals surface area contributed by atoms with Crippen LogP contribution in [0.4, 0.5) is 0 Å². The lowest BCUT2D eigenvalue weighted by atomic mass is 10.0. The van der Waals surface area contributed by atoms with Gasteiger partial charge in [0.15, 0.2) is 0 Å². The third-order valence-electron chi connectivity index (χ3n) is 7.03. The fourth-order valence-electron chi connectivity index (χ4n) is 4.71. The molecular formula is C29H35N7O3Si. The Bertz CT molecular complexity index is 1510. The molecule has 0 saturated carbocycles. The maximum Gasteiger partial charge on any atom is 0.254 e. The SMILES string of the molecule is C[Si](C)(C)CCOCn1ccc2c(-c3cnn(C(C#N)Cc4cccc(C(=O)N5CCOCC5)c4)c3)ncnc21. The molecule has 1 aromatic carbocycles. The molecule has 1 aliphatic rings. The Kier molecular flexibility index (Phi) is 8.39. The highest BCUT2D eigenvalue weighted by Gasteiger charge is 2.20. The van der Waals surface area contributed by atoms with Crippen LogP contribution in [-0.4, -0.2) is 76.1 Å². The predicted molar refractivity (Wildman–Crippen MR) is 154 cm³/mol. The van der Waals surface area contributed by atoms with E-state index in [0.717, 1.165) is 40.5 Å². The van der Waals surface area contributed by atoms with Crippen LogP contribution in [0.5, 0.6) is 0 Å². The predicted octanol–water partition coefficient (Wildman–Crippen LogP) is 4.39. The van der Waals surface area contributed by atoms with Crippen molar-refractivity contribution in [1.82, 2.24) is 29.2 Å². The summed E-state index contributed by atoms with van der Waals surface area (Å²) in [4.78, 5) is 23.8. The van der Waals surface area contributed by atoms with Crippen LogP contribution in [0.25, 0.3) is 22.3 Å². The number of benzene rings is 1. The van der Waals surface area contributed by atoms with Crippen molar-refractivity contribution >= 4 is 25.0 Å². The molecule has 1 fully saturated rings. The highest BCUT2D eigenvalue weighted by atomic mass is 28.3. The average Bonchev–Trinajstić information content (AvgIpc) is 3.61. The van der Waals surface area contributed by atoms with Crippen molar-refractivity contribution in [3.63, 3.8) is 0 Å². The molecule has 11 heteroatoms. The highest BCUT2D eigenvalue weighted by molar-refractivity contribution is 6.76. The van der Waals surface area contributed by atoms with Gasteiger partial charge in [0, 0.05) is 63.1 Å². The monoisotopic (exact) mass is 557 g/mol. The highest BCUT2D eigenvalue weighted by Crippen LogP contribution is 2.27.